The van der Waals surface area contributed by atoms with Crippen molar-refractivity contribution in [3.8, 4) is 5.75 Å². The van der Waals surface area contributed by atoms with E-state index in [2.05, 4.69) is 10.6 Å². The van der Waals surface area contributed by atoms with Gasteiger partial charge in [-0.05, 0) is 37.6 Å². The third-order valence-electron chi connectivity index (χ3n) is 4.67. The van der Waals surface area contributed by atoms with Gasteiger partial charge in [-0.2, -0.15) is 0 Å². The van der Waals surface area contributed by atoms with E-state index in [-0.39, 0.29) is 5.02 Å². The van der Waals surface area contributed by atoms with Crippen LogP contribution in [0.25, 0.3) is 0 Å². The number of urea groups is 1. The predicted octanol–water partition coefficient (Wildman–Crippen LogP) is 4.19. The van der Waals surface area contributed by atoms with E-state index in [9.17, 15) is 14.4 Å². The van der Waals surface area contributed by atoms with Crippen molar-refractivity contribution in [2.24, 2.45) is 0 Å². The second-order valence-corrected chi connectivity index (χ2v) is 7.81. The number of hydrogen-bond donors (Lipinski definition) is 2. The summed E-state index contributed by atoms with van der Waals surface area (Å²) in [6.07, 6.45) is 0.816. The second-order valence-electron chi connectivity index (χ2n) is 6.96. The Balaban J connectivity index is 1.75. The number of hydrogen-bond acceptors (Lipinski definition) is 4. The highest BCUT2D eigenvalue weighted by molar-refractivity contribution is 6.35. The molecule has 2 aromatic carbocycles. The van der Waals surface area contributed by atoms with E-state index in [0.717, 1.165) is 11.3 Å². The summed E-state index contributed by atoms with van der Waals surface area (Å²) in [5.74, 6) is -0.595. The molecule has 1 heterocycles. The molecule has 158 valence electrons. The summed E-state index contributed by atoms with van der Waals surface area (Å²) < 4.78 is 5.61. The fourth-order valence-electron chi connectivity index (χ4n) is 3.16. The quantitative estimate of drug-likeness (QED) is 0.620. The topological polar surface area (TPSA) is 87.7 Å². The number of benzene rings is 2. The van der Waals surface area contributed by atoms with Gasteiger partial charge in [-0.3, -0.25) is 14.5 Å². The molecule has 2 N–H and O–H groups in total. The van der Waals surface area contributed by atoms with Crippen molar-refractivity contribution < 1.29 is 19.1 Å². The summed E-state index contributed by atoms with van der Waals surface area (Å²) in [4.78, 5) is 38.9. The van der Waals surface area contributed by atoms with Crippen molar-refractivity contribution in [3.05, 3.63) is 58.1 Å². The van der Waals surface area contributed by atoms with Crippen LogP contribution in [0.1, 0.15) is 25.8 Å². The first-order chi connectivity index (χ1) is 14.3. The summed E-state index contributed by atoms with van der Waals surface area (Å²) in [5.41, 5.74) is -0.541. The summed E-state index contributed by atoms with van der Waals surface area (Å²) in [7, 11) is 0. The molecule has 2 aromatic rings. The maximum Gasteiger partial charge on any atom is 0.325 e. The van der Waals surface area contributed by atoms with Crippen LogP contribution in [-0.4, -0.2) is 35.9 Å². The maximum atomic E-state index is 13.0. The Bertz CT molecular complexity index is 998. The number of ether oxygens (including phenoxy) is 1. The standard InChI is InChI=1S/C21H21Cl2N3O4/c1-3-10-30-17-7-5-4-6-16(17)24-18(27)12-26-19(28)21(2,25-20(26)29)14-9-8-13(22)11-15(14)23/h4-9,11H,3,10,12H2,1-2H3,(H,24,27)(H,25,29). The molecule has 7 nitrogen and oxygen atoms in total. The van der Waals surface area contributed by atoms with E-state index >= 15 is 0 Å². The van der Waals surface area contributed by atoms with Gasteiger partial charge in [0.2, 0.25) is 5.91 Å². The minimum absolute atomic E-state index is 0.243. The van der Waals surface area contributed by atoms with E-state index < -0.39 is 29.9 Å². The number of imide groups is 1. The average Bonchev–Trinajstić information content (AvgIpc) is 2.91. The molecule has 1 fully saturated rings. The highest BCUT2D eigenvalue weighted by Gasteiger charge is 2.50. The molecule has 1 aliphatic heterocycles. The molecule has 0 aromatic heterocycles. The summed E-state index contributed by atoms with van der Waals surface area (Å²) in [6, 6.07) is 10.9. The molecule has 1 aliphatic rings. The summed E-state index contributed by atoms with van der Waals surface area (Å²) in [5, 5.41) is 5.96. The van der Waals surface area contributed by atoms with Crippen LogP contribution in [0.5, 0.6) is 5.75 Å². The van der Waals surface area contributed by atoms with E-state index in [1.165, 1.54) is 13.0 Å². The Morgan fingerprint density at radius 1 is 1.20 bits per heavy atom. The number of amides is 4. The smallest absolute Gasteiger partial charge is 0.325 e. The van der Waals surface area contributed by atoms with Crippen molar-refractivity contribution in [3.63, 3.8) is 0 Å². The molecule has 1 saturated heterocycles. The van der Waals surface area contributed by atoms with Crippen molar-refractivity contribution in [2.75, 3.05) is 18.5 Å². The lowest BCUT2D eigenvalue weighted by molar-refractivity contribution is -0.133. The van der Waals surface area contributed by atoms with E-state index in [1.807, 2.05) is 6.92 Å². The number of nitrogens with zero attached hydrogens (tertiary/aromatic N) is 1. The molecular formula is C21H21Cl2N3O4. The second kappa shape index (κ2) is 8.93. The molecule has 4 amide bonds. The Morgan fingerprint density at radius 2 is 1.93 bits per heavy atom. The molecule has 3 rings (SSSR count). The van der Waals surface area contributed by atoms with Gasteiger partial charge < -0.3 is 15.4 Å². The lowest BCUT2D eigenvalue weighted by Crippen LogP contribution is -2.42. The van der Waals surface area contributed by atoms with Gasteiger partial charge in [-0.15, -0.1) is 0 Å². The lowest BCUT2D eigenvalue weighted by Gasteiger charge is -2.23. The molecule has 1 unspecified atom stereocenters. The number of carbonyl (C=O) groups excluding carboxylic acids is 3. The van der Waals surface area contributed by atoms with Gasteiger partial charge in [0.25, 0.3) is 5.91 Å². The fraction of sp³-hybridized carbons (Fsp3) is 0.286. The minimum Gasteiger partial charge on any atom is -0.491 e. The molecule has 30 heavy (non-hydrogen) atoms. The van der Waals surface area contributed by atoms with Crippen LogP contribution in [0.3, 0.4) is 0 Å². The normalized spacial score (nSPS) is 18.3. The third-order valence-corrected chi connectivity index (χ3v) is 5.22. The largest absolute Gasteiger partial charge is 0.491 e. The monoisotopic (exact) mass is 449 g/mol. The SMILES string of the molecule is CCCOc1ccccc1NC(=O)CN1C(=O)NC(C)(c2ccc(Cl)cc2Cl)C1=O. The average molecular weight is 450 g/mol. The van der Waals surface area contributed by atoms with Crippen LogP contribution < -0.4 is 15.4 Å². The van der Waals surface area contributed by atoms with Crippen LogP contribution in [-0.2, 0) is 15.1 Å². The van der Waals surface area contributed by atoms with Crippen LogP contribution in [0.4, 0.5) is 10.5 Å². The van der Waals surface area contributed by atoms with Crippen molar-refractivity contribution in [1.82, 2.24) is 10.2 Å². The first kappa shape index (κ1) is 21.9. The van der Waals surface area contributed by atoms with Gasteiger partial charge in [-0.25, -0.2) is 4.79 Å². The molecule has 0 bridgehead atoms. The van der Waals surface area contributed by atoms with Crippen LogP contribution >= 0.6 is 23.2 Å². The Hall–Kier alpha value is -2.77. The summed E-state index contributed by atoms with van der Waals surface area (Å²) >= 11 is 12.2. The number of anilines is 1. The highest BCUT2D eigenvalue weighted by atomic mass is 35.5. The summed E-state index contributed by atoms with van der Waals surface area (Å²) in [6.45, 7) is 3.56. The number of halogens is 2. The van der Waals surface area contributed by atoms with Crippen LogP contribution in [0.15, 0.2) is 42.5 Å². The molecule has 0 spiro atoms. The highest BCUT2D eigenvalue weighted by Crippen LogP contribution is 2.35. The number of carbonyl (C=O) groups is 3. The Labute approximate surface area is 184 Å². The lowest BCUT2D eigenvalue weighted by atomic mass is 9.92. The van der Waals surface area contributed by atoms with Gasteiger partial charge in [0.05, 0.1) is 12.3 Å². The Morgan fingerprint density at radius 3 is 2.63 bits per heavy atom. The van der Waals surface area contributed by atoms with Crippen LogP contribution in [0, 0.1) is 0 Å². The number of nitrogens with one attached hydrogen (secondary N) is 2. The number of para-hydroxylation sites is 2. The third kappa shape index (κ3) is 4.37. The first-order valence-electron chi connectivity index (χ1n) is 9.37. The Kier molecular flexibility index (Phi) is 6.53. The first-order valence-corrected chi connectivity index (χ1v) is 10.1. The van der Waals surface area contributed by atoms with E-state index in [1.54, 1.807) is 36.4 Å². The molecular weight excluding hydrogens is 429 g/mol. The van der Waals surface area contributed by atoms with Gasteiger partial charge in [0.15, 0.2) is 0 Å². The van der Waals surface area contributed by atoms with Crippen molar-refractivity contribution in [1.29, 1.82) is 0 Å². The van der Waals surface area contributed by atoms with Gasteiger partial charge >= 0.3 is 6.03 Å². The molecule has 9 heteroatoms. The van der Waals surface area contributed by atoms with Gasteiger partial charge in [-0.1, -0.05) is 48.3 Å². The van der Waals surface area contributed by atoms with Crippen molar-refractivity contribution in [2.45, 2.75) is 25.8 Å². The predicted molar refractivity (Wildman–Crippen MR) is 115 cm³/mol. The zero-order valence-electron chi connectivity index (χ0n) is 16.5. The molecule has 1 atom stereocenters. The van der Waals surface area contributed by atoms with Crippen LogP contribution in [0.2, 0.25) is 10.0 Å². The fourth-order valence-corrected chi connectivity index (χ4v) is 3.76. The van der Waals surface area contributed by atoms with E-state index in [0.29, 0.717) is 28.6 Å². The number of rotatable bonds is 7. The zero-order valence-corrected chi connectivity index (χ0v) is 18.0. The van der Waals surface area contributed by atoms with Crippen molar-refractivity contribution >= 4 is 46.7 Å². The maximum absolute atomic E-state index is 13.0. The molecule has 0 aliphatic carbocycles. The zero-order chi connectivity index (χ0) is 21.9. The van der Waals surface area contributed by atoms with Gasteiger partial charge in [0.1, 0.15) is 17.8 Å². The van der Waals surface area contributed by atoms with E-state index in [4.69, 9.17) is 27.9 Å². The molecule has 0 saturated carbocycles. The van der Waals surface area contributed by atoms with Gasteiger partial charge in [0, 0.05) is 15.6 Å². The minimum atomic E-state index is -1.40. The molecule has 0 radical (unpaired) electrons.